The van der Waals surface area contributed by atoms with Crippen LogP contribution in [0.2, 0.25) is 0 Å². The van der Waals surface area contributed by atoms with Gasteiger partial charge in [-0.3, -0.25) is 4.79 Å². The number of rotatable bonds is 5. The maximum atomic E-state index is 12.5. The van der Waals surface area contributed by atoms with Crippen molar-refractivity contribution in [2.75, 3.05) is 5.32 Å². The number of ether oxygens (including phenoxy) is 1. The van der Waals surface area contributed by atoms with Gasteiger partial charge >= 0.3 is 12.1 Å². The first-order valence-corrected chi connectivity index (χ1v) is 8.50. The number of hydrogen-bond donors (Lipinski definition) is 1. The quantitative estimate of drug-likeness (QED) is 0.582. The van der Waals surface area contributed by atoms with Crippen molar-refractivity contribution in [3.8, 4) is 0 Å². The van der Waals surface area contributed by atoms with Crippen LogP contribution in [0.5, 0.6) is 0 Å². The third kappa shape index (κ3) is 5.97. The second-order valence-electron chi connectivity index (χ2n) is 6.34. The number of amides is 1. The highest BCUT2D eigenvalue weighted by Crippen LogP contribution is 2.29. The normalized spacial score (nSPS) is 12.6. The molecule has 2 aromatic rings. The Bertz CT molecular complexity index is 887. The van der Waals surface area contributed by atoms with Crippen molar-refractivity contribution in [3.63, 3.8) is 0 Å². The summed E-state index contributed by atoms with van der Waals surface area (Å²) in [6.07, 6.45) is -3.08. The summed E-state index contributed by atoms with van der Waals surface area (Å²) in [4.78, 5) is 24.0. The van der Waals surface area contributed by atoms with Gasteiger partial charge in [0.05, 0.1) is 5.56 Å². The molecule has 0 saturated heterocycles. The third-order valence-corrected chi connectivity index (χ3v) is 3.95. The van der Waals surface area contributed by atoms with Crippen molar-refractivity contribution >= 4 is 23.6 Å². The van der Waals surface area contributed by atoms with Gasteiger partial charge in [0.1, 0.15) is 0 Å². The van der Waals surface area contributed by atoms with Crippen LogP contribution < -0.4 is 5.32 Å². The van der Waals surface area contributed by atoms with E-state index in [-0.39, 0.29) is 0 Å². The van der Waals surface area contributed by atoms with Gasteiger partial charge in [-0.2, -0.15) is 13.2 Å². The van der Waals surface area contributed by atoms with Crippen LogP contribution in [0.1, 0.15) is 29.2 Å². The Hall–Kier alpha value is -3.09. The van der Waals surface area contributed by atoms with Crippen LogP contribution in [0.3, 0.4) is 0 Å². The average Bonchev–Trinajstić information content (AvgIpc) is 2.61. The Balaban J connectivity index is 1.92. The number of nitrogens with one attached hydrogen (secondary N) is 1. The van der Waals surface area contributed by atoms with E-state index in [1.807, 2.05) is 26.0 Å². The zero-order valence-electron chi connectivity index (χ0n) is 15.6. The predicted molar refractivity (Wildman–Crippen MR) is 101 cm³/mol. The lowest BCUT2D eigenvalue weighted by Gasteiger charge is -2.14. The van der Waals surface area contributed by atoms with Crippen LogP contribution in [0.4, 0.5) is 18.9 Å². The van der Waals surface area contributed by atoms with Gasteiger partial charge in [-0.05, 0) is 56.2 Å². The first-order valence-electron chi connectivity index (χ1n) is 8.50. The number of halogens is 3. The highest BCUT2D eigenvalue weighted by molar-refractivity contribution is 5.97. The zero-order valence-corrected chi connectivity index (χ0v) is 15.6. The highest BCUT2D eigenvalue weighted by atomic mass is 19.4. The summed E-state index contributed by atoms with van der Waals surface area (Å²) in [7, 11) is 0. The molecule has 0 aliphatic heterocycles. The van der Waals surface area contributed by atoms with Gasteiger partial charge in [-0.1, -0.05) is 29.8 Å². The van der Waals surface area contributed by atoms with Gasteiger partial charge in [-0.25, -0.2) is 4.79 Å². The Labute approximate surface area is 161 Å². The van der Waals surface area contributed by atoms with Crippen LogP contribution in [0, 0.1) is 13.8 Å². The molecule has 0 unspecified atom stereocenters. The summed E-state index contributed by atoms with van der Waals surface area (Å²) in [5.41, 5.74) is 2.19. The predicted octanol–water partition coefficient (Wildman–Crippen LogP) is 4.91. The molecule has 7 heteroatoms. The number of esters is 1. The fraction of sp³-hybridized carbons (Fsp3) is 0.238. The summed E-state index contributed by atoms with van der Waals surface area (Å²) in [5, 5.41) is 2.69. The molecule has 0 aliphatic carbocycles. The lowest BCUT2D eigenvalue weighted by molar-refractivity contribution is -0.148. The Kier molecular flexibility index (Phi) is 6.62. The second-order valence-corrected chi connectivity index (χ2v) is 6.34. The molecule has 2 aromatic carbocycles. The minimum Gasteiger partial charge on any atom is -0.449 e. The van der Waals surface area contributed by atoms with Crippen LogP contribution >= 0.6 is 0 Å². The minimum atomic E-state index is -4.42. The molecule has 148 valence electrons. The number of alkyl halides is 3. The molecule has 1 atom stereocenters. The Morgan fingerprint density at radius 3 is 2.29 bits per heavy atom. The van der Waals surface area contributed by atoms with Crippen molar-refractivity contribution in [3.05, 3.63) is 70.8 Å². The molecule has 1 N–H and O–H groups in total. The van der Waals surface area contributed by atoms with Gasteiger partial charge in [0.2, 0.25) is 0 Å². The summed E-state index contributed by atoms with van der Waals surface area (Å²) in [5.74, 6) is -1.26. The Morgan fingerprint density at radius 2 is 1.71 bits per heavy atom. The molecular weight excluding hydrogens is 371 g/mol. The summed E-state index contributed by atoms with van der Waals surface area (Å²) in [6, 6.07) is 9.86. The van der Waals surface area contributed by atoms with Crippen LogP contribution in [0.15, 0.2) is 48.5 Å². The molecule has 0 heterocycles. The van der Waals surface area contributed by atoms with Crippen LogP contribution in [0.25, 0.3) is 6.08 Å². The molecule has 0 aromatic heterocycles. The van der Waals surface area contributed by atoms with Gasteiger partial charge in [0.25, 0.3) is 5.91 Å². The molecule has 1 amide bonds. The topological polar surface area (TPSA) is 55.4 Å². The number of benzene rings is 2. The van der Waals surface area contributed by atoms with E-state index >= 15 is 0 Å². The number of carbonyl (C=O) groups is 2. The standard InChI is InChI=1S/C21H20F3NO3/c1-13-4-10-18(14(2)12-13)25-20(27)15(3)28-19(26)11-7-16-5-8-17(9-6-16)21(22,23)24/h4-12,15H,1-3H3,(H,25,27)/b11-7+/t15-/m1/s1. The van der Waals surface area contributed by atoms with Gasteiger partial charge in [-0.15, -0.1) is 0 Å². The van der Waals surface area contributed by atoms with Gasteiger partial charge in [0, 0.05) is 11.8 Å². The van der Waals surface area contributed by atoms with E-state index in [1.54, 1.807) is 6.07 Å². The van der Waals surface area contributed by atoms with Crippen molar-refractivity contribution in [1.29, 1.82) is 0 Å². The van der Waals surface area contributed by atoms with Crippen molar-refractivity contribution < 1.29 is 27.5 Å². The van der Waals surface area contributed by atoms with E-state index in [9.17, 15) is 22.8 Å². The van der Waals surface area contributed by atoms with Crippen molar-refractivity contribution in [1.82, 2.24) is 0 Å². The average molecular weight is 391 g/mol. The monoisotopic (exact) mass is 391 g/mol. The maximum absolute atomic E-state index is 12.5. The molecular formula is C21H20F3NO3. The largest absolute Gasteiger partial charge is 0.449 e. The van der Waals surface area contributed by atoms with Gasteiger partial charge in [0.15, 0.2) is 6.10 Å². The van der Waals surface area contributed by atoms with E-state index in [0.717, 1.165) is 29.3 Å². The summed E-state index contributed by atoms with van der Waals surface area (Å²) < 4.78 is 42.6. The third-order valence-electron chi connectivity index (χ3n) is 3.95. The molecule has 0 spiro atoms. The summed E-state index contributed by atoms with van der Waals surface area (Å²) >= 11 is 0. The smallest absolute Gasteiger partial charge is 0.416 e. The lowest BCUT2D eigenvalue weighted by Crippen LogP contribution is -2.29. The highest BCUT2D eigenvalue weighted by Gasteiger charge is 2.29. The molecule has 28 heavy (non-hydrogen) atoms. The molecule has 0 fully saturated rings. The van der Waals surface area contributed by atoms with E-state index in [4.69, 9.17) is 4.74 Å². The number of anilines is 1. The number of aryl methyl sites for hydroxylation is 2. The van der Waals surface area contributed by atoms with Crippen molar-refractivity contribution in [2.24, 2.45) is 0 Å². The fourth-order valence-corrected chi connectivity index (χ4v) is 2.40. The van der Waals surface area contributed by atoms with E-state index in [1.165, 1.54) is 25.1 Å². The molecule has 0 bridgehead atoms. The first kappa shape index (κ1) is 21.2. The molecule has 0 aliphatic rings. The number of hydrogen-bond acceptors (Lipinski definition) is 3. The molecule has 4 nitrogen and oxygen atoms in total. The van der Waals surface area contributed by atoms with Gasteiger partial charge < -0.3 is 10.1 Å². The number of carbonyl (C=O) groups excluding carboxylic acids is 2. The van der Waals surface area contributed by atoms with E-state index in [2.05, 4.69) is 5.32 Å². The molecule has 2 rings (SSSR count). The maximum Gasteiger partial charge on any atom is 0.416 e. The van der Waals surface area contributed by atoms with Crippen molar-refractivity contribution in [2.45, 2.75) is 33.1 Å². The Morgan fingerprint density at radius 1 is 1.07 bits per heavy atom. The second kappa shape index (κ2) is 8.73. The molecule has 0 radical (unpaired) electrons. The van der Waals surface area contributed by atoms with E-state index < -0.39 is 29.7 Å². The SMILES string of the molecule is Cc1ccc(NC(=O)[C@@H](C)OC(=O)/C=C/c2ccc(C(F)(F)F)cc2)c(C)c1. The minimum absolute atomic E-state index is 0.400. The summed E-state index contributed by atoms with van der Waals surface area (Å²) in [6.45, 7) is 5.22. The lowest BCUT2D eigenvalue weighted by atomic mass is 10.1. The first-order chi connectivity index (χ1) is 13.1. The zero-order chi connectivity index (χ0) is 20.9. The van der Waals surface area contributed by atoms with E-state index in [0.29, 0.717) is 11.3 Å². The fourth-order valence-electron chi connectivity index (χ4n) is 2.40. The van der Waals surface area contributed by atoms with Crippen LogP contribution in [-0.2, 0) is 20.5 Å². The molecule has 0 saturated carbocycles. The van der Waals surface area contributed by atoms with Crippen LogP contribution in [-0.4, -0.2) is 18.0 Å².